The minimum Gasteiger partial charge on any atom is -0.388 e. The Morgan fingerprint density at radius 1 is 1.28 bits per heavy atom. The lowest BCUT2D eigenvalue weighted by Crippen LogP contribution is -2.27. The molecule has 25 heavy (non-hydrogen) atoms. The predicted molar refractivity (Wildman–Crippen MR) is 93.4 cm³/mol. The highest BCUT2D eigenvalue weighted by molar-refractivity contribution is 5.77. The van der Waals surface area contributed by atoms with Crippen LogP contribution in [0.4, 0.5) is 4.39 Å². The molecule has 0 bridgehead atoms. The average Bonchev–Trinajstić information content (AvgIpc) is 2.91. The molecule has 0 aliphatic carbocycles. The molecule has 2 aromatic carbocycles. The summed E-state index contributed by atoms with van der Waals surface area (Å²) in [5.74, 6) is 0.168. The van der Waals surface area contributed by atoms with Gasteiger partial charge in [-0.2, -0.15) is 0 Å². The van der Waals surface area contributed by atoms with E-state index in [0.29, 0.717) is 18.5 Å². The number of imidazole rings is 1. The zero-order chi connectivity index (χ0) is 17.8. The summed E-state index contributed by atoms with van der Waals surface area (Å²) in [7, 11) is 1.94. The summed E-state index contributed by atoms with van der Waals surface area (Å²) in [6.45, 7) is 0.422. The fourth-order valence-electron chi connectivity index (χ4n) is 2.81. The van der Waals surface area contributed by atoms with Crippen LogP contribution >= 0.6 is 0 Å². The van der Waals surface area contributed by atoms with Gasteiger partial charge in [0.25, 0.3) is 0 Å². The van der Waals surface area contributed by atoms with Crippen LogP contribution in [-0.4, -0.2) is 27.1 Å². The standard InChI is InChI=1S/C19H20FN3O2/c1-23-16-8-3-2-7-15(16)22-18(23)9-10-21-19(25)12-17(24)13-5-4-6-14(20)11-13/h2-8,11,17,24H,9-10,12H2,1H3,(H,21,25). The largest absolute Gasteiger partial charge is 0.388 e. The van der Waals surface area contributed by atoms with Gasteiger partial charge in [-0.3, -0.25) is 4.79 Å². The number of nitrogens with one attached hydrogen (secondary N) is 1. The van der Waals surface area contributed by atoms with Crippen molar-refractivity contribution in [3.63, 3.8) is 0 Å². The van der Waals surface area contributed by atoms with Crippen molar-refractivity contribution in [2.75, 3.05) is 6.54 Å². The highest BCUT2D eigenvalue weighted by Crippen LogP contribution is 2.17. The van der Waals surface area contributed by atoms with Crippen LogP contribution in [0.3, 0.4) is 0 Å². The van der Waals surface area contributed by atoms with Gasteiger partial charge in [0.05, 0.1) is 23.6 Å². The molecule has 0 spiro atoms. The van der Waals surface area contributed by atoms with E-state index < -0.39 is 11.9 Å². The molecule has 130 valence electrons. The van der Waals surface area contributed by atoms with Crippen molar-refractivity contribution in [3.8, 4) is 0 Å². The number of carbonyl (C=O) groups excluding carboxylic acids is 1. The Labute approximate surface area is 145 Å². The van der Waals surface area contributed by atoms with Gasteiger partial charge in [-0.15, -0.1) is 0 Å². The van der Waals surface area contributed by atoms with Gasteiger partial charge in [-0.1, -0.05) is 24.3 Å². The van der Waals surface area contributed by atoms with Crippen molar-refractivity contribution in [3.05, 3.63) is 65.7 Å². The smallest absolute Gasteiger partial charge is 0.222 e. The Bertz CT molecular complexity index is 891. The Morgan fingerprint density at radius 3 is 2.84 bits per heavy atom. The zero-order valence-corrected chi connectivity index (χ0v) is 13.9. The first kappa shape index (κ1) is 17.1. The van der Waals surface area contributed by atoms with Crippen molar-refractivity contribution < 1.29 is 14.3 Å². The Morgan fingerprint density at radius 2 is 2.08 bits per heavy atom. The minimum absolute atomic E-state index is 0.105. The second-order valence-electron chi connectivity index (χ2n) is 5.95. The summed E-state index contributed by atoms with van der Waals surface area (Å²) in [6.07, 6.45) is -0.537. The third-order valence-electron chi connectivity index (χ3n) is 4.16. The maximum absolute atomic E-state index is 13.2. The summed E-state index contributed by atoms with van der Waals surface area (Å²) in [4.78, 5) is 16.5. The number of hydrogen-bond acceptors (Lipinski definition) is 3. The second-order valence-corrected chi connectivity index (χ2v) is 5.95. The molecule has 0 fully saturated rings. The molecule has 3 rings (SSSR count). The number of aliphatic hydroxyl groups excluding tert-OH is 1. The lowest BCUT2D eigenvalue weighted by atomic mass is 10.1. The summed E-state index contributed by atoms with van der Waals surface area (Å²) < 4.78 is 15.2. The molecule has 2 N–H and O–H groups in total. The topological polar surface area (TPSA) is 67.2 Å². The van der Waals surface area contributed by atoms with Crippen LogP contribution in [0, 0.1) is 5.82 Å². The van der Waals surface area contributed by atoms with Gasteiger partial charge in [0.2, 0.25) is 5.91 Å². The molecule has 0 aliphatic rings. The number of aryl methyl sites for hydroxylation is 1. The van der Waals surface area contributed by atoms with Crippen LogP contribution in [0.2, 0.25) is 0 Å². The fraction of sp³-hybridized carbons (Fsp3) is 0.263. The van der Waals surface area contributed by atoms with Crippen LogP contribution in [0.1, 0.15) is 23.9 Å². The third kappa shape index (κ3) is 4.03. The first-order chi connectivity index (χ1) is 12.0. The molecule has 0 saturated heterocycles. The third-order valence-corrected chi connectivity index (χ3v) is 4.16. The Balaban J connectivity index is 1.53. The molecule has 0 aliphatic heterocycles. The van der Waals surface area contributed by atoms with Gasteiger partial charge in [0, 0.05) is 20.0 Å². The molecule has 1 heterocycles. The fourth-order valence-corrected chi connectivity index (χ4v) is 2.81. The number of rotatable bonds is 6. The first-order valence-electron chi connectivity index (χ1n) is 8.15. The van der Waals surface area contributed by atoms with Crippen LogP contribution in [-0.2, 0) is 18.3 Å². The first-order valence-corrected chi connectivity index (χ1v) is 8.15. The Hall–Kier alpha value is -2.73. The Kier molecular flexibility index (Phi) is 5.09. The summed E-state index contributed by atoms with van der Waals surface area (Å²) in [5.41, 5.74) is 2.36. The highest BCUT2D eigenvalue weighted by atomic mass is 19.1. The van der Waals surface area contributed by atoms with Crippen molar-refractivity contribution in [2.45, 2.75) is 18.9 Å². The quantitative estimate of drug-likeness (QED) is 0.724. The van der Waals surface area contributed by atoms with E-state index in [4.69, 9.17) is 0 Å². The van der Waals surface area contributed by atoms with E-state index in [1.807, 2.05) is 35.9 Å². The number of fused-ring (bicyclic) bond motifs is 1. The van der Waals surface area contributed by atoms with Gasteiger partial charge in [0.15, 0.2) is 0 Å². The van der Waals surface area contributed by atoms with Gasteiger partial charge >= 0.3 is 0 Å². The molecule has 6 heteroatoms. The number of hydrogen-bond donors (Lipinski definition) is 2. The van der Waals surface area contributed by atoms with Crippen molar-refractivity contribution in [1.29, 1.82) is 0 Å². The average molecular weight is 341 g/mol. The number of para-hydroxylation sites is 2. The lowest BCUT2D eigenvalue weighted by molar-refractivity contribution is -0.123. The molecule has 1 unspecified atom stereocenters. The molecule has 0 saturated carbocycles. The molecule has 5 nitrogen and oxygen atoms in total. The van der Waals surface area contributed by atoms with Crippen molar-refractivity contribution >= 4 is 16.9 Å². The predicted octanol–water partition coefficient (Wildman–Crippen LogP) is 2.49. The van der Waals surface area contributed by atoms with Gasteiger partial charge in [-0.05, 0) is 29.8 Å². The molecular weight excluding hydrogens is 321 g/mol. The highest BCUT2D eigenvalue weighted by Gasteiger charge is 2.14. The summed E-state index contributed by atoms with van der Waals surface area (Å²) in [5, 5.41) is 12.8. The molecule has 3 aromatic rings. The monoisotopic (exact) mass is 341 g/mol. The van der Waals surface area contributed by atoms with Gasteiger partial charge < -0.3 is 15.0 Å². The maximum atomic E-state index is 13.2. The molecular formula is C19H20FN3O2. The second kappa shape index (κ2) is 7.44. The number of amides is 1. The van der Waals surface area contributed by atoms with Crippen molar-refractivity contribution in [1.82, 2.24) is 14.9 Å². The molecule has 0 radical (unpaired) electrons. The van der Waals surface area contributed by atoms with Gasteiger partial charge in [0.1, 0.15) is 11.6 Å². The molecule has 1 amide bonds. The number of carbonyl (C=O) groups is 1. The minimum atomic E-state index is -1.02. The summed E-state index contributed by atoms with van der Waals surface area (Å²) in [6, 6.07) is 13.5. The van der Waals surface area contributed by atoms with E-state index in [9.17, 15) is 14.3 Å². The van der Waals surface area contributed by atoms with Crippen LogP contribution in [0.15, 0.2) is 48.5 Å². The molecule has 1 aromatic heterocycles. The number of nitrogens with zero attached hydrogens (tertiary/aromatic N) is 2. The molecule has 1 atom stereocenters. The zero-order valence-electron chi connectivity index (χ0n) is 13.9. The van der Waals surface area contributed by atoms with E-state index in [0.717, 1.165) is 16.9 Å². The van der Waals surface area contributed by atoms with Crippen LogP contribution in [0.5, 0.6) is 0 Å². The van der Waals surface area contributed by atoms with Crippen LogP contribution < -0.4 is 5.32 Å². The number of halogens is 1. The van der Waals surface area contributed by atoms with E-state index in [1.165, 1.54) is 18.2 Å². The summed E-state index contributed by atoms with van der Waals surface area (Å²) >= 11 is 0. The normalized spacial score (nSPS) is 12.3. The van der Waals surface area contributed by atoms with E-state index in [1.54, 1.807) is 6.07 Å². The van der Waals surface area contributed by atoms with Crippen molar-refractivity contribution in [2.24, 2.45) is 7.05 Å². The number of aromatic nitrogens is 2. The number of aliphatic hydroxyl groups is 1. The van der Waals surface area contributed by atoms with E-state index >= 15 is 0 Å². The SMILES string of the molecule is Cn1c(CCNC(=O)CC(O)c2cccc(F)c2)nc2ccccc21. The maximum Gasteiger partial charge on any atom is 0.222 e. The number of benzene rings is 2. The van der Waals surface area contributed by atoms with Crippen LogP contribution in [0.25, 0.3) is 11.0 Å². The van der Waals surface area contributed by atoms with E-state index in [-0.39, 0.29) is 12.3 Å². The van der Waals surface area contributed by atoms with E-state index in [2.05, 4.69) is 10.3 Å². The lowest BCUT2D eigenvalue weighted by Gasteiger charge is -2.11. The van der Waals surface area contributed by atoms with Gasteiger partial charge in [-0.25, -0.2) is 9.37 Å².